The lowest BCUT2D eigenvalue weighted by Gasteiger charge is -2.30. The summed E-state index contributed by atoms with van der Waals surface area (Å²) in [4.78, 5) is 12.3. The van der Waals surface area contributed by atoms with Crippen LogP contribution in [0.2, 0.25) is 0 Å². The number of carbonyl (C=O) groups excluding carboxylic acids is 1. The maximum Gasteiger partial charge on any atom is 0.268 e. The number of rotatable bonds is 4. The van der Waals surface area contributed by atoms with Gasteiger partial charge >= 0.3 is 0 Å². The maximum absolute atomic E-state index is 12.3. The van der Waals surface area contributed by atoms with E-state index in [0.717, 1.165) is 0 Å². The smallest absolute Gasteiger partial charge is 0.268 e. The summed E-state index contributed by atoms with van der Waals surface area (Å²) in [5.41, 5.74) is 6.82. The van der Waals surface area contributed by atoms with Crippen LogP contribution in [0, 0.1) is 0 Å². The van der Waals surface area contributed by atoms with Crippen LogP contribution in [0.25, 0.3) is 0 Å². The van der Waals surface area contributed by atoms with Crippen molar-refractivity contribution in [3.8, 4) is 0 Å². The molecule has 1 fully saturated rings. The second kappa shape index (κ2) is 6.07. The Balaban J connectivity index is 1.96. The summed E-state index contributed by atoms with van der Waals surface area (Å²) in [6, 6.07) is 1.65. The van der Waals surface area contributed by atoms with E-state index in [-0.39, 0.29) is 11.9 Å². The molecule has 8 heteroatoms. The van der Waals surface area contributed by atoms with Crippen LogP contribution in [-0.4, -0.2) is 48.6 Å². The number of nitrogens with two attached hydrogens (primary N) is 1. The molecular formula is C13H22N4O3S. The third kappa shape index (κ3) is 3.76. The molecule has 0 radical (unpaired) electrons. The molecule has 0 spiro atoms. The Bertz CT molecular complexity index is 615. The van der Waals surface area contributed by atoms with Crippen molar-refractivity contribution in [2.45, 2.75) is 32.4 Å². The molecule has 1 aromatic heterocycles. The largest absolute Gasteiger partial charge is 0.397 e. The van der Waals surface area contributed by atoms with Crippen molar-refractivity contribution in [3.63, 3.8) is 0 Å². The van der Waals surface area contributed by atoms with Crippen molar-refractivity contribution in [2.24, 2.45) is 0 Å². The van der Waals surface area contributed by atoms with Gasteiger partial charge in [-0.1, -0.05) is 0 Å². The van der Waals surface area contributed by atoms with Gasteiger partial charge in [-0.05, 0) is 25.8 Å². The Morgan fingerprint density at radius 2 is 2.05 bits per heavy atom. The van der Waals surface area contributed by atoms with Gasteiger partial charge in [-0.25, -0.2) is 12.7 Å². The van der Waals surface area contributed by atoms with Crippen LogP contribution in [-0.2, 0) is 16.6 Å². The lowest BCUT2D eigenvalue weighted by molar-refractivity contribution is 0.0914. The van der Waals surface area contributed by atoms with Gasteiger partial charge in [-0.3, -0.25) is 4.79 Å². The zero-order valence-corrected chi connectivity index (χ0v) is 13.2. The molecule has 0 aliphatic carbocycles. The molecule has 1 saturated heterocycles. The quantitative estimate of drug-likeness (QED) is 0.832. The van der Waals surface area contributed by atoms with E-state index in [1.165, 1.54) is 10.6 Å². The van der Waals surface area contributed by atoms with E-state index in [1.54, 1.807) is 16.8 Å². The highest BCUT2D eigenvalue weighted by molar-refractivity contribution is 7.88. The van der Waals surface area contributed by atoms with E-state index >= 15 is 0 Å². The van der Waals surface area contributed by atoms with E-state index < -0.39 is 10.0 Å². The fourth-order valence-corrected chi connectivity index (χ4v) is 3.45. The Kier molecular flexibility index (Phi) is 4.58. The van der Waals surface area contributed by atoms with Gasteiger partial charge < -0.3 is 15.6 Å². The number of amides is 1. The monoisotopic (exact) mass is 314 g/mol. The summed E-state index contributed by atoms with van der Waals surface area (Å²) >= 11 is 0. The number of nitrogens with one attached hydrogen (secondary N) is 1. The summed E-state index contributed by atoms with van der Waals surface area (Å²) < 4.78 is 26.1. The summed E-state index contributed by atoms with van der Waals surface area (Å²) in [5.74, 6) is -0.161. The van der Waals surface area contributed by atoms with Crippen LogP contribution in [0.1, 0.15) is 30.3 Å². The number of nitrogen functional groups attached to an aromatic ring is 1. The van der Waals surface area contributed by atoms with Gasteiger partial charge in [-0.15, -0.1) is 0 Å². The molecule has 1 aliphatic heterocycles. The number of hydrogen-bond acceptors (Lipinski definition) is 4. The zero-order valence-electron chi connectivity index (χ0n) is 12.4. The molecular weight excluding hydrogens is 292 g/mol. The first kappa shape index (κ1) is 15.8. The predicted molar refractivity (Wildman–Crippen MR) is 81.4 cm³/mol. The van der Waals surface area contributed by atoms with E-state index in [2.05, 4.69) is 5.32 Å². The molecule has 2 rings (SSSR count). The highest BCUT2D eigenvalue weighted by Gasteiger charge is 2.26. The van der Waals surface area contributed by atoms with Crippen molar-refractivity contribution in [3.05, 3.63) is 18.0 Å². The molecule has 1 aromatic rings. The molecule has 0 saturated carbocycles. The first-order valence-corrected chi connectivity index (χ1v) is 8.87. The number of carbonyl (C=O) groups is 1. The average molecular weight is 314 g/mol. The van der Waals surface area contributed by atoms with Gasteiger partial charge in [0.25, 0.3) is 5.91 Å². The van der Waals surface area contributed by atoms with E-state index in [1.807, 2.05) is 6.92 Å². The Morgan fingerprint density at radius 1 is 1.43 bits per heavy atom. The number of nitrogens with zero attached hydrogens (tertiary/aromatic N) is 2. The van der Waals surface area contributed by atoms with Crippen molar-refractivity contribution >= 4 is 21.6 Å². The van der Waals surface area contributed by atoms with Gasteiger partial charge in [0.15, 0.2) is 0 Å². The van der Waals surface area contributed by atoms with Crippen molar-refractivity contribution in [1.82, 2.24) is 14.2 Å². The molecule has 21 heavy (non-hydrogen) atoms. The fraction of sp³-hybridized carbons (Fsp3) is 0.615. The molecule has 0 atom stereocenters. The SMILES string of the molecule is CCn1cc(N)cc1C(=O)NC1CCN(S(C)(=O)=O)CC1. The predicted octanol–water partition coefficient (Wildman–Crippen LogP) is 0.244. The number of sulfonamides is 1. The molecule has 1 aliphatic rings. The van der Waals surface area contributed by atoms with E-state index in [4.69, 9.17) is 5.73 Å². The number of aryl methyl sites for hydroxylation is 1. The van der Waals surface area contributed by atoms with Gasteiger partial charge in [0.1, 0.15) is 5.69 Å². The molecule has 1 amide bonds. The normalized spacial score (nSPS) is 17.8. The third-order valence-corrected chi connectivity index (χ3v) is 5.05. The van der Waals surface area contributed by atoms with Crippen LogP contribution in [0.5, 0.6) is 0 Å². The Labute approximate surface area is 125 Å². The standard InChI is InChI=1S/C13H22N4O3S/c1-3-16-9-10(14)8-12(16)13(18)15-11-4-6-17(7-5-11)21(2,19)20/h8-9,11H,3-7,14H2,1-2H3,(H,15,18). The Hall–Kier alpha value is -1.54. The number of piperidine rings is 1. The lowest BCUT2D eigenvalue weighted by atomic mass is 10.1. The van der Waals surface area contributed by atoms with E-state index in [0.29, 0.717) is 43.9 Å². The summed E-state index contributed by atoms with van der Waals surface area (Å²) in [5, 5.41) is 2.96. The van der Waals surface area contributed by atoms with Gasteiger partial charge in [0.2, 0.25) is 10.0 Å². The number of anilines is 1. The summed E-state index contributed by atoms with van der Waals surface area (Å²) in [6.07, 6.45) is 4.20. The topological polar surface area (TPSA) is 97.4 Å². The van der Waals surface area contributed by atoms with Crippen LogP contribution in [0.3, 0.4) is 0 Å². The average Bonchev–Trinajstić information content (AvgIpc) is 2.79. The lowest BCUT2D eigenvalue weighted by Crippen LogP contribution is -2.46. The molecule has 0 unspecified atom stereocenters. The number of hydrogen-bond donors (Lipinski definition) is 2. The first-order valence-electron chi connectivity index (χ1n) is 7.03. The van der Waals surface area contributed by atoms with Crippen molar-refractivity contribution < 1.29 is 13.2 Å². The molecule has 0 aromatic carbocycles. The van der Waals surface area contributed by atoms with Gasteiger partial charge in [0, 0.05) is 31.9 Å². The van der Waals surface area contributed by atoms with Crippen LogP contribution in [0.4, 0.5) is 5.69 Å². The minimum atomic E-state index is -3.14. The molecule has 2 heterocycles. The fourth-order valence-electron chi connectivity index (χ4n) is 2.58. The second-order valence-electron chi connectivity index (χ2n) is 5.35. The Morgan fingerprint density at radius 3 is 2.57 bits per heavy atom. The van der Waals surface area contributed by atoms with Gasteiger partial charge in [0.05, 0.1) is 11.9 Å². The van der Waals surface area contributed by atoms with E-state index in [9.17, 15) is 13.2 Å². The molecule has 118 valence electrons. The van der Waals surface area contributed by atoms with Crippen LogP contribution < -0.4 is 11.1 Å². The molecule has 0 bridgehead atoms. The van der Waals surface area contributed by atoms with Crippen molar-refractivity contribution in [1.29, 1.82) is 0 Å². The minimum Gasteiger partial charge on any atom is -0.397 e. The molecule has 3 N–H and O–H groups in total. The maximum atomic E-state index is 12.3. The van der Waals surface area contributed by atoms with Crippen LogP contribution >= 0.6 is 0 Å². The summed E-state index contributed by atoms with van der Waals surface area (Å²) in [6.45, 7) is 3.51. The van der Waals surface area contributed by atoms with Crippen LogP contribution in [0.15, 0.2) is 12.3 Å². The highest BCUT2D eigenvalue weighted by Crippen LogP contribution is 2.15. The van der Waals surface area contributed by atoms with Gasteiger partial charge in [-0.2, -0.15) is 0 Å². The summed E-state index contributed by atoms with van der Waals surface area (Å²) in [7, 11) is -3.14. The third-order valence-electron chi connectivity index (χ3n) is 3.75. The second-order valence-corrected chi connectivity index (χ2v) is 7.34. The minimum absolute atomic E-state index is 0.00284. The number of aromatic nitrogens is 1. The van der Waals surface area contributed by atoms with Crippen molar-refractivity contribution in [2.75, 3.05) is 25.1 Å². The first-order chi connectivity index (χ1) is 9.81. The highest BCUT2D eigenvalue weighted by atomic mass is 32.2. The molecule has 7 nitrogen and oxygen atoms in total. The zero-order chi connectivity index (χ0) is 15.6.